The van der Waals surface area contributed by atoms with Crippen LogP contribution in [0.3, 0.4) is 0 Å². The Labute approximate surface area is 97.2 Å². The van der Waals surface area contributed by atoms with Crippen LogP contribution < -0.4 is 5.73 Å². The summed E-state index contributed by atoms with van der Waals surface area (Å²) in [7, 11) is 1.42. The summed E-state index contributed by atoms with van der Waals surface area (Å²) in [6.45, 7) is 0.521. The minimum atomic E-state index is -0.509. The van der Waals surface area contributed by atoms with Crippen LogP contribution in [0.2, 0.25) is 0 Å². The molecule has 1 fully saturated rings. The minimum absolute atomic E-state index is 0.172. The van der Waals surface area contributed by atoms with Crippen LogP contribution in [0.15, 0.2) is 0 Å². The van der Waals surface area contributed by atoms with Gasteiger partial charge in [0.15, 0.2) is 0 Å². The summed E-state index contributed by atoms with van der Waals surface area (Å²) in [4.78, 5) is 11.9. The predicted octanol–water partition coefficient (Wildman–Crippen LogP) is 1.07. The number of aliphatic hydroxyl groups is 1. The summed E-state index contributed by atoms with van der Waals surface area (Å²) >= 11 is 0. The molecule has 94 valence electrons. The molecule has 1 atom stereocenters. The molecule has 16 heavy (non-hydrogen) atoms. The summed E-state index contributed by atoms with van der Waals surface area (Å²) < 4.78 is 4.88. The van der Waals surface area contributed by atoms with Gasteiger partial charge in [-0.15, -0.1) is 0 Å². The van der Waals surface area contributed by atoms with Crippen molar-refractivity contribution in [3.8, 4) is 0 Å². The van der Waals surface area contributed by atoms with Gasteiger partial charge in [0.05, 0.1) is 12.5 Å². The van der Waals surface area contributed by atoms with Crippen LogP contribution >= 0.6 is 0 Å². The molecule has 0 aromatic rings. The Hall–Kier alpha value is -0.610. The third-order valence-electron chi connectivity index (χ3n) is 3.45. The normalized spacial score (nSPS) is 19.2. The minimum Gasteiger partial charge on any atom is -0.469 e. The lowest BCUT2D eigenvalue weighted by Crippen LogP contribution is -2.40. The third-order valence-corrected chi connectivity index (χ3v) is 3.45. The zero-order chi connectivity index (χ0) is 12.0. The maximum absolute atomic E-state index is 11.9. The van der Waals surface area contributed by atoms with Gasteiger partial charge in [0.25, 0.3) is 0 Å². The number of methoxy groups -OCH3 is 1. The Morgan fingerprint density at radius 3 is 2.62 bits per heavy atom. The quantitative estimate of drug-likeness (QED) is 0.482. The second-order valence-corrected chi connectivity index (χ2v) is 4.80. The van der Waals surface area contributed by atoms with E-state index in [-0.39, 0.29) is 12.6 Å². The smallest absolute Gasteiger partial charge is 0.313 e. The van der Waals surface area contributed by atoms with Gasteiger partial charge in [-0.2, -0.15) is 0 Å². The fourth-order valence-corrected chi connectivity index (χ4v) is 2.22. The zero-order valence-corrected chi connectivity index (χ0v) is 10.1. The van der Waals surface area contributed by atoms with Crippen LogP contribution in [-0.4, -0.2) is 31.3 Å². The van der Waals surface area contributed by atoms with Crippen LogP contribution in [0.4, 0.5) is 0 Å². The van der Waals surface area contributed by atoms with Crippen molar-refractivity contribution >= 4 is 5.97 Å². The lowest BCUT2D eigenvalue weighted by molar-refractivity contribution is -0.153. The van der Waals surface area contributed by atoms with Crippen molar-refractivity contribution in [2.75, 3.05) is 20.3 Å². The molecule has 0 aliphatic heterocycles. The van der Waals surface area contributed by atoms with Crippen LogP contribution in [-0.2, 0) is 9.53 Å². The highest BCUT2D eigenvalue weighted by atomic mass is 16.5. The number of rotatable bonds is 8. The molecule has 0 radical (unpaired) electrons. The van der Waals surface area contributed by atoms with E-state index in [1.54, 1.807) is 0 Å². The van der Waals surface area contributed by atoms with Gasteiger partial charge in [0, 0.05) is 13.2 Å². The van der Waals surface area contributed by atoms with Gasteiger partial charge in [-0.05, 0) is 31.6 Å². The van der Waals surface area contributed by atoms with E-state index in [1.165, 1.54) is 20.0 Å². The average molecular weight is 229 g/mol. The number of aliphatic hydroxyl groups excluding tert-OH is 1. The Morgan fingerprint density at radius 1 is 1.50 bits per heavy atom. The van der Waals surface area contributed by atoms with E-state index in [2.05, 4.69) is 0 Å². The first kappa shape index (κ1) is 13.5. The molecule has 1 aliphatic rings. The second-order valence-electron chi connectivity index (χ2n) is 4.80. The molecule has 4 heteroatoms. The van der Waals surface area contributed by atoms with Gasteiger partial charge in [0.1, 0.15) is 0 Å². The summed E-state index contributed by atoms with van der Waals surface area (Å²) in [5.74, 6) is 0.469. The topological polar surface area (TPSA) is 72.5 Å². The number of hydrogen-bond acceptors (Lipinski definition) is 4. The van der Waals surface area contributed by atoms with Gasteiger partial charge < -0.3 is 15.6 Å². The first-order valence-electron chi connectivity index (χ1n) is 6.08. The van der Waals surface area contributed by atoms with Gasteiger partial charge in [-0.1, -0.05) is 12.8 Å². The van der Waals surface area contributed by atoms with E-state index in [9.17, 15) is 4.79 Å². The highest BCUT2D eigenvalue weighted by Gasteiger charge is 2.42. The molecule has 0 bridgehead atoms. The summed E-state index contributed by atoms with van der Waals surface area (Å²) in [6.07, 6.45) is 5.55. The molecule has 0 aromatic heterocycles. The van der Waals surface area contributed by atoms with Crippen molar-refractivity contribution in [3.63, 3.8) is 0 Å². The molecule has 0 spiro atoms. The van der Waals surface area contributed by atoms with Crippen molar-refractivity contribution in [1.29, 1.82) is 0 Å². The molecule has 3 N–H and O–H groups in total. The first-order chi connectivity index (χ1) is 7.68. The van der Waals surface area contributed by atoms with Crippen LogP contribution in [0.5, 0.6) is 0 Å². The van der Waals surface area contributed by atoms with Gasteiger partial charge in [0.2, 0.25) is 0 Å². The number of esters is 1. The number of carbonyl (C=O) groups is 1. The van der Waals surface area contributed by atoms with Crippen LogP contribution in [0.1, 0.15) is 38.5 Å². The summed E-state index contributed by atoms with van der Waals surface area (Å²) in [6, 6.07) is 0. The maximum Gasteiger partial charge on any atom is 0.313 e. The Balaban J connectivity index is 2.58. The second kappa shape index (κ2) is 6.21. The molecule has 1 unspecified atom stereocenters. The molecule has 0 saturated heterocycles. The van der Waals surface area contributed by atoms with Gasteiger partial charge >= 0.3 is 5.97 Å². The van der Waals surface area contributed by atoms with E-state index < -0.39 is 5.41 Å². The average Bonchev–Trinajstić information content (AvgIpc) is 3.10. The van der Waals surface area contributed by atoms with Gasteiger partial charge in [-0.3, -0.25) is 4.79 Å². The fraction of sp³-hybridized carbons (Fsp3) is 0.917. The van der Waals surface area contributed by atoms with Crippen molar-refractivity contribution in [2.24, 2.45) is 17.1 Å². The van der Waals surface area contributed by atoms with E-state index >= 15 is 0 Å². The predicted molar refractivity (Wildman–Crippen MR) is 61.8 cm³/mol. The Bertz CT molecular complexity index is 228. The van der Waals surface area contributed by atoms with E-state index in [0.717, 1.165) is 25.7 Å². The van der Waals surface area contributed by atoms with Crippen molar-refractivity contribution in [2.45, 2.75) is 38.5 Å². The van der Waals surface area contributed by atoms with Crippen molar-refractivity contribution in [1.82, 2.24) is 0 Å². The molecule has 0 aromatic carbocycles. The molecule has 0 heterocycles. The Morgan fingerprint density at radius 2 is 2.19 bits per heavy atom. The number of nitrogens with two attached hydrogens (primary N) is 1. The lowest BCUT2D eigenvalue weighted by Gasteiger charge is -2.29. The van der Waals surface area contributed by atoms with E-state index in [0.29, 0.717) is 12.5 Å². The summed E-state index contributed by atoms with van der Waals surface area (Å²) in [5, 5.41) is 8.78. The van der Waals surface area contributed by atoms with Gasteiger partial charge in [-0.25, -0.2) is 0 Å². The van der Waals surface area contributed by atoms with Crippen molar-refractivity contribution in [3.05, 3.63) is 0 Å². The lowest BCUT2D eigenvalue weighted by atomic mass is 9.78. The van der Waals surface area contributed by atoms with Crippen molar-refractivity contribution < 1.29 is 14.6 Å². The fourth-order valence-electron chi connectivity index (χ4n) is 2.22. The number of unbranched alkanes of at least 4 members (excludes halogenated alkanes) is 1. The number of ether oxygens (including phenoxy) is 1. The monoisotopic (exact) mass is 229 g/mol. The number of carbonyl (C=O) groups excluding carboxylic acids is 1. The molecular formula is C12H23NO3. The summed E-state index contributed by atoms with van der Waals surface area (Å²) in [5.41, 5.74) is 5.27. The Kier molecular flexibility index (Phi) is 5.22. The highest BCUT2D eigenvalue weighted by Crippen LogP contribution is 2.43. The largest absolute Gasteiger partial charge is 0.469 e. The van der Waals surface area contributed by atoms with Crippen LogP contribution in [0.25, 0.3) is 0 Å². The van der Waals surface area contributed by atoms with E-state index in [4.69, 9.17) is 15.6 Å². The van der Waals surface area contributed by atoms with Crippen LogP contribution in [0, 0.1) is 11.3 Å². The molecule has 1 saturated carbocycles. The number of hydrogen-bond donors (Lipinski definition) is 2. The first-order valence-corrected chi connectivity index (χ1v) is 6.08. The SMILES string of the molecule is COC(=O)C(CN)(CCCCO)CC1CC1. The molecule has 4 nitrogen and oxygen atoms in total. The third kappa shape index (κ3) is 3.46. The molecule has 1 aliphatic carbocycles. The molecular weight excluding hydrogens is 206 g/mol. The highest BCUT2D eigenvalue weighted by molar-refractivity contribution is 5.77. The zero-order valence-electron chi connectivity index (χ0n) is 10.1. The molecule has 1 rings (SSSR count). The van der Waals surface area contributed by atoms with E-state index in [1.807, 2.05) is 0 Å². The standard InChI is InChI=1S/C12H23NO3/c1-16-11(15)12(9-13,6-2-3-7-14)8-10-4-5-10/h10,14H,2-9,13H2,1H3. The molecule has 0 amide bonds. The maximum atomic E-state index is 11.9.